The Hall–Kier alpha value is -1.73. The molecule has 1 rings (SSSR count). The first kappa shape index (κ1) is 12.3. The summed E-state index contributed by atoms with van der Waals surface area (Å²) in [6.07, 6.45) is 0. The van der Waals surface area contributed by atoms with E-state index >= 15 is 0 Å². The van der Waals surface area contributed by atoms with Crippen molar-refractivity contribution in [3.63, 3.8) is 0 Å². The zero-order valence-electron chi connectivity index (χ0n) is 9.10. The number of esters is 1. The first-order valence-corrected chi connectivity index (χ1v) is 4.28. The average Bonchev–Trinajstić information content (AvgIpc) is 2.62. The second-order valence-electron chi connectivity index (χ2n) is 2.66. The lowest BCUT2D eigenvalue weighted by atomic mass is 10.3. The summed E-state index contributed by atoms with van der Waals surface area (Å²) in [4.78, 5) is 20.2. The van der Waals surface area contributed by atoms with Gasteiger partial charge in [0.15, 0.2) is 5.76 Å². The fraction of sp³-hybridized carbons (Fsp3) is 0.444. The van der Waals surface area contributed by atoms with Crippen LogP contribution in [0.1, 0.15) is 16.3 Å². The van der Waals surface area contributed by atoms with Gasteiger partial charge in [0.1, 0.15) is 6.61 Å². The van der Waals surface area contributed by atoms with E-state index in [1.165, 1.54) is 21.3 Å². The highest BCUT2D eigenvalue weighted by Crippen LogP contribution is 2.37. The van der Waals surface area contributed by atoms with Crippen LogP contribution in [-0.2, 0) is 21.1 Å². The smallest absolute Gasteiger partial charge is 0.378 e. The number of carbonyl (C=O) groups excluding carboxylic acids is 1. The van der Waals surface area contributed by atoms with Crippen LogP contribution in [0.15, 0.2) is 4.42 Å². The van der Waals surface area contributed by atoms with Crippen LogP contribution < -0.4 is 4.74 Å². The molecule has 0 amide bonds. The molecule has 0 aromatic carbocycles. The van der Waals surface area contributed by atoms with Crippen LogP contribution in [0, 0.1) is 0 Å². The summed E-state index contributed by atoms with van der Waals surface area (Å²) in [6.45, 7) is -0.107. The number of hydrogen-bond donors (Lipinski definition) is 1. The molecule has 16 heavy (non-hydrogen) atoms. The Kier molecular flexibility index (Phi) is 4.15. The van der Waals surface area contributed by atoms with Crippen molar-refractivity contribution in [1.29, 1.82) is 0 Å². The summed E-state index contributed by atoms with van der Waals surface area (Å²) in [5.41, 5.74) is 0. The number of ether oxygens (including phenoxy) is 2. The largest absolute Gasteiger partial charge is 0.501 e. The Morgan fingerprint density at radius 3 is 2.56 bits per heavy atom. The van der Waals surface area contributed by atoms with Gasteiger partial charge in [-0.25, -0.2) is 14.6 Å². The van der Waals surface area contributed by atoms with Gasteiger partial charge in [0, 0.05) is 0 Å². The maximum Gasteiger partial charge on any atom is 0.378 e. The molecule has 0 unspecified atom stereocenters. The fourth-order valence-electron chi connectivity index (χ4n) is 1.10. The molecule has 1 aromatic rings. The lowest BCUT2D eigenvalue weighted by Crippen LogP contribution is -1.99. The van der Waals surface area contributed by atoms with E-state index in [0.717, 1.165) is 0 Å². The molecule has 0 aliphatic heterocycles. The summed E-state index contributed by atoms with van der Waals surface area (Å²) in [7, 11) is 3.81. The van der Waals surface area contributed by atoms with Crippen LogP contribution in [0.5, 0.6) is 11.5 Å². The molecule has 1 heterocycles. The Morgan fingerprint density at radius 1 is 1.38 bits per heavy atom. The van der Waals surface area contributed by atoms with Crippen LogP contribution in [0.2, 0.25) is 0 Å². The topological polar surface area (TPSA) is 87.4 Å². The van der Waals surface area contributed by atoms with Gasteiger partial charge in [-0.15, -0.1) is 0 Å². The van der Waals surface area contributed by atoms with Crippen LogP contribution in [0.3, 0.4) is 0 Å². The van der Waals surface area contributed by atoms with E-state index in [1.807, 2.05) is 0 Å². The Morgan fingerprint density at radius 2 is 2.06 bits per heavy atom. The first-order chi connectivity index (χ1) is 7.65. The molecular formula is C9H12O7. The SMILES string of the molecule is COOCc1oc(C(=O)OC)c(O)c1OC. The van der Waals surface area contributed by atoms with Gasteiger partial charge in [-0.2, -0.15) is 0 Å². The average molecular weight is 232 g/mol. The van der Waals surface area contributed by atoms with Crippen molar-refractivity contribution >= 4 is 5.97 Å². The normalized spacial score (nSPS) is 10.2. The third-order valence-electron chi connectivity index (χ3n) is 1.79. The highest BCUT2D eigenvalue weighted by Gasteiger charge is 2.26. The molecule has 0 spiro atoms. The minimum Gasteiger partial charge on any atom is -0.501 e. The lowest BCUT2D eigenvalue weighted by Gasteiger charge is -1.99. The third kappa shape index (κ3) is 2.26. The van der Waals surface area contributed by atoms with Crippen LogP contribution in [0.25, 0.3) is 0 Å². The molecule has 90 valence electrons. The predicted octanol–water partition coefficient (Wildman–Crippen LogP) is 0.858. The quantitative estimate of drug-likeness (QED) is 0.457. The van der Waals surface area contributed by atoms with Gasteiger partial charge in [-0.05, 0) is 0 Å². The van der Waals surface area contributed by atoms with Crippen molar-refractivity contribution in [1.82, 2.24) is 0 Å². The highest BCUT2D eigenvalue weighted by atomic mass is 17.2. The molecule has 0 saturated heterocycles. The van der Waals surface area contributed by atoms with Gasteiger partial charge in [-0.3, -0.25) is 0 Å². The van der Waals surface area contributed by atoms with Gasteiger partial charge in [0.2, 0.25) is 11.5 Å². The Bertz CT molecular complexity index is 368. The maximum atomic E-state index is 11.2. The number of rotatable bonds is 5. The molecule has 0 radical (unpaired) electrons. The number of methoxy groups -OCH3 is 2. The summed E-state index contributed by atoms with van der Waals surface area (Å²) in [5.74, 6) is -1.43. The van der Waals surface area contributed by atoms with Crippen molar-refractivity contribution in [3.8, 4) is 11.5 Å². The Labute approximate surface area is 91.4 Å². The van der Waals surface area contributed by atoms with Gasteiger partial charge in [0.25, 0.3) is 5.76 Å². The molecule has 7 nitrogen and oxygen atoms in total. The van der Waals surface area contributed by atoms with Gasteiger partial charge in [0.05, 0.1) is 21.3 Å². The number of hydrogen-bond acceptors (Lipinski definition) is 7. The maximum absolute atomic E-state index is 11.2. The second-order valence-corrected chi connectivity index (χ2v) is 2.66. The number of aromatic hydroxyl groups is 1. The summed E-state index contributed by atoms with van der Waals surface area (Å²) in [6, 6.07) is 0. The monoisotopic (exact) mass is 232 g/mol. The zero-order chi connectivity index (χ0) is 12.1. The Balaban J connectivity index is 3.04. The van der Waals surface area contributed by atoms with E-state index in [4.69, 9.17) is 9.15 Å². The van der Waals surface area contributed by atoms with Crippen molar-refractivity contribution in [2.24, 2.45) is 0 Å². The van der Waals surface area contributed by atoms with Crippen molar-refractivity contribution in [2.45, 2.75) is 6.61 Å². The van der Waals surface area contributed by atoms with E-state index in [1.54, 1.807) is 0 Å². The first-order valence-electron chi connectivity index (χ1n) is 4.28. The molecule has 0 aliphatic carbocycles. The molecule has 1 aromatic heterocycles. The van der Waals surface area contributed by atoms with E-state index in [0.29, 0.717) is 0 Å². The number of carbonyl (C=O) groups is 1. The third-order valence-corrected chi connectivity index (χ3v) is 1.79. The molecular weight excluding hydrogens is 220 g/mol. The van der Waals surface area contributed by atoms with Crippen molar-refractivity contribution in [2.75, 3.05) is 21.3 Å². The molecule has 0 bridgehead atoms. The van der Waals surface area contributed by atoms with Gasteiger partial charge >= 0.3 is 5.97 Å². The van der Waals surface area contributed by atoms with Gasteiger partial charge in [-0.1, -0.05) is 0 Å². The molecule has 7 heteroatoms. The van der Waals surface area contributed by atoms with Gasteiger partial charge < -0.3 is 19.0 Å². The summed E-state index contributed by atoms with van der Waals surface area (Å²) in [5, 5.41) is 9.59. The van der Waals surface area contributed by atoms with Crippen LogP contribution in [0.4, 0.5) is 0 Å². The minimum absolute atomic E-state index is 0.0115. The lowest BCUT2D eigenvalue weighted by molar-refractivity contribution is -0.285. The predicted molar refractivity (Wildman–Crippen MR) is 50.1 cm³/mol. The van der Waals surface area contributed by atoms with E-state index in [9.17, 15) is 9.90 Å². The van der Waals surface area contributed by atoms with E-state index in [2.05, 4.69) is 14.5 Å². The van der Waals surface area contributed by atoms with E-state index < -0.39 is 11.7 Å². The molecule has 1 N–H and O–H groups in total. The van der Waals surface area contributed by atoms with Crippen LogP contribution >= 0.6 is 0 Å². The van der Waals surface area contributed by atoms with Crippen LogP contribution in [-0.4, -0.2) is 32.4 Å². The summed E-state index contributed by atoms with van der Waals surface area (Å²) < 4.78 is 14.3. The second kappa shape index (κ2) is 5.38. The van der Waals surface area contributed by atoms with Crippen molar-refractivity contribution < 1.29 is 33.6 Å². The standard InChI is InChI=1S/C9H12O7/c1-12-7-5(4-15-14-3)16-8(6(7)10)9(11)13-2/h10H,4H2,1-3H3. The molecule has 0 saturated carbocycles. The highest BCUT2D eigenvalue weighted by molar-refractivity contribution is 5.90. The molecule has 0 atom stereocenters. The fourth-order valence-corrected chi connectivity index (χ4v) is 1.10. The van der Waals surface area contributed by atoms with E-state index in [-0.39, 0.29) is 23.9 Å². The molecule has 0 fully saturated rings. The number of furan rings is 1. The molecule has 0 aliphatic rings. The zero-order valence-corrected chi connectivity index (χ0v) is 9.10. The summed E-state index contributed by atoms with van der Waals surface area (Å²) >= 11 is 0. The van der Waals surface area contributed by atoms with Crippen molar-refractivity contribution in [3.05, 3.63) is 11.5 Å². The minimum atomic E-state index is -0.806.